The molecule has 5 nitrogen and oxygen atoms in total. The fourth-order valence-electron chi connectivity index (χ4n) is 2.60. The van der Waals surface area contributed by atoms with Crippen molar-refractivity contribution in [3.8, 4) is 11.3 Å². The van der Waals surface area contributed by atoms with Gasteiger partial charge in [-0.2, -0.15) is 0 Å². The van der Waals surface area contributed by atoms with Crippen molar-refractivity contribution >= 4 is 22.9 Å². The Kier molecular flexibility index (Phi) is 5.05. The molecule has 0 spiro atoms. The fraction of sp³-hybridized carbons (Fsp3) is 0.412. The zero-order valence-electron chi connectivity index (χ0n) is 13.2. The summed E-state index contributed by atoms with van der Waals surface area (Å²) in [5.74, 6) is -0.0445. The maximum absolute atomic E-state index is 12.2. The molecule has 1 aliphatic carbocycles. The van der Waals surface area contributed by atoms with Gasteiger partial charge in [0.15, 0.2) is 0 Å². The van der Waals surface area contributed by atoms with Crippen molar-refractivity contribution in [2.45, 2.75) is 25.8 Å². The highest BCUT2D eigenvalue weighted by Crippen LogP contribution is 2.27. The van der Waals surface area contributed by atoms with E-state index in [1.807, 2.05) is 41.5 Å². The number of rotatable bonds is 7. The van der Waals surface area contributed by atoms with Gasteiger partial charge in [-0.15, -0.1) is 11.3 Å². The number of nitrogens with one attached hydrogen (secondary N) is 1. The second-order valence-corrected chi connectivity index (χ2v) is 6.87. The lowest BCUT2D eigenvalue weighted by molar-refractivity contribution is -0.117. The van der Waals surface area contributed by atoms with Gasteiger partial charge in [0, 0.05) is 29.2 Å². The van der Waals surface area contributed by atoms with Gasteiger partial charge in [-0.1, -0.05) is 12.1 Å². The zero-order chi connectivity index (χ0) is 16.2. The summed E-state index contributed by atoms with van der Waals surface area (Å²) in [7, 11) is 0. The van der Waals surface area contributed by atoms with Crippen molar-refractivity contribution in [1.82, 2.24) is 9.88 Å². The van der Waals surface area contributed by atoms with E-state index in [9.17, 15) is 4.79 Å². The lowest BCUT2D eigenvalue weighted by Gasteiger charge is -2.20. The van der Waals surface area contributed by atoms with Gasteiger partial charge in [-0.3, -0.25) is 9.69 Å². The Morgan fingerprint density at radius 2 is 2.30 bits per heavy atom. The molecule has 2 N–H and O–H groups in total. The molecule has 23 heavy (non-hydrogen) atoms. The first-order valence-electron chi connectivity index (χ1n) is 7.83. The Balaban J connectivity index is 1.64. The number of carbonyl (C=O) groups excluding carboxylic acids is 1. The highest BCUT2D eigenvalue weighted by Gasteiger charge is 2.29. The molecule has 1 heterocycles. The minimum Gasteiger partial charge on any atom is -0.395 e. The van der Waals surface area contributed by atoms with Crippen molar-refractivity contribution in [3.05, 3.63) is 34.7 Å². The first-order chi connectivity index (χ1) is 11.2. The Labute approximate surface area is 140 Å². The number of benzene rings is 1. The molecule has 0 saturated heterocycles. The number of carbonyl (C=O) groups is 1. The lowest BCUT2D eigenvalue weighted by atomic mass is 10.1. The summed E-state index contributed by atoms with van der Waals surface area (Å²) in [5, 5.41) is 15.1. The Hall–Kier alpha value is -1.76. The average molecular weight is 331 g/mol. The van der Waals surface area contributed by atoms with E-state index in [1.165, 1.54) is 0 Å². The molecule has 1 saturated carbocycles. The largest absolute Gasteiger partial charge is 0.395 e. The van der Waals surface area contributed by atoms with E-state index in [-0.39, 0.29) is 12.5 Å². The maximum Gasteiger partial charge on any atom is 0.238 e. The number of anilines is 1. The highest BCUT2D eigenvalue weighted by molar-refractivity contribution is 7.09. The molecule has 2 aromatic rings. The normalized spacial score (nSPS) is 14.2. The van der Waals surface area contributed by atoms with Gasteiger partial charge < -0.3 is 10.4 Å². The molecule has 0 aliphatic heterocycles. The van der Waals surface area contributed by atoms with Crippen LogP contribution in [0.15, 0.2) is 29.6 Å². The lowest BCUT2D eigenvalue weighted by Crippen LogP contribution is -2.36. The van der Waals surface area contributed by atoms with Crippen molar-refractivity contribution < 1.29 is 9.90 Å². The van der Waals surface area contributed by atoms with Crippen LogP contribution in [0.25, 0.3) is 11.3 Å². The Morgan fingerprint density at radius 3 is 2.96 bits per heavy atom. The van der Waals surface area contributed by atoms with Gasteiger partial charge >= 0.3 is 0 Å². The predicted octanol–water partition coefficient (Wildman–Crippen LogP) is 2.51. The molecule has 6 heteroatoms. The monoisotopic (exact) mass is 331 g/mol. The number of thiazole rings is 1. The van der Waals surface area contributed by atoms with Crippen LogP contribution >= 0.6 is 11.3 Å². The van der Waals surface area contributed by atoms with Crippen molar-refractivity contribution in [1.29, 1.82) is 0 Å². The number of aliphatic hydroxyl groups excluding tert-OH is 1. The summed E-state index contributed by atoms with van der Waals surface area (Å²) in [5.41, 5.74) is 2.71. The minimum absolute atomic E-state index is 0.0445. The van der Waals surface area contributed by atoms with Crippen LogP contribution in [0.4, 0.5) is 5.69 Å². The third kappa shape index (κ3) is 4.37. The molecule has 1 aliphatic rings. The Bertz CT molecular complexity index is 682. The number of nitrogens with zero attached hydrogens (tertiary/aromatic N) is 2. The summed E-state index contributed by atoms with van der Waals surface area (Å²) in [6.07, 6.45) is 2.23. The maximum atomic E-state index is 12.2. The van der Waals surface area contributed by atoms with E-state index in [0.717, 1.165) is 34.8 Å². The minimum atomic E-state index is -0.0445. The van der Waals surface area contributed by atoms with Gasteiger partial charge in [-0.25, -0.2) is 4.98 Å². The van der Waals surface area contributed by atoms with Gasteiger partial charge in [-0.05, 0) is 31.9 Å². The van der Waals surface area contributed by atoms with Crippen LogP contribution in [-0.4, -0.2) is 46.6 Å². The third-order valence-corrected chi connectivity index (χ3v) is 4.63. The molecular weight excluding hydrogens is 310 g/mol. The quantitative estimate of drug-likeness (QED) is 0.818. The first kappa shape index (κ1) is 16.1. The predicted molar refractivity (Wildman–Crippen MR) is 92.6 cm³/mol. The number of aryl methyl sites for hydroxylation is 1. The van der Waals surface area contributed by atoms with E-state index in [0.29, 0.717) is 19.1 Å². The molecule has 1 amide bonds. The zero-order valence-corrected chi connectivity index (χ0v) is 14.0. The van der Waals surface area contributed by atoms with Crippen LogP contribution in [-0.2, 0) is 4.79 Å². The molecule has 1 aromatic carbocycles. The van der Waals surface area contributed by atoms with Crippen molar-refractivity contribution in [2.75, 3.05) is 25.0 Å². The Morgan fingerprint density at radius 1 is 1.48 bits per heavy atom. The molecule has 1 aromatic heterocycles. The van der Waals surface area contributed by atoms with Crippen LogP contribution < -0.4 is 5.32 Å². The summed E-state index contributed by atoms with van der Waals surface area (Å²) in [6.45, 7) is 2.94. The van der Waals surface area contributed by atoms with Crippen molar-refractivity contribution in [3.63, 3.8) is 0 Å². The van der Waals surface area contributed by atoms with Crippen LogP contribution in [0.3, 0.4) is 0 Å². The molecule has 0 bridgehead atoms. The van der Waals surface area contributed by atoms with Crippen LogP contribution in [0.5, 0.6) is 0 Å². The number of aromatic nitrogens is 1. The highest BCUT2D eigenvalue weighted by atomic mass is 32.1. The number of hydrogen-bond acceptors (Lipinski definition) is 5. The topological polar surface area (TPSA) is 65.5 Å². The number of aliphatic hydroxyl groups is 1. The van der Waals surface area contributed by atoms with Gasteiger partial charge in [0.1, 0.15) is 0 Å². The van der Waals surface area contributed by atoms with Crippen molar-refractivity contribution in [2.24, 2.45) is 0 Å². The van der Waals surface area contributed by atoms with Gasteiger partial charge in [0.25, 0.3) is 0 Å². The standard InChI is InChI=1S/C17H21N3O2S/c1-12-18-16(11-23-12)13-3-2-4-14(9-13)19-17(22)10-20(7-8-21)15-5-6-15/h2-4,9,11,15,21H,5-8,10H2,1H3,(H,19,22). The SMILES string of the molecule is Cc1nc(-c2cccc(NC(=O)CN(CCO)C3CC3)c2)cs1. The second kappa shape index (κ2) is 7.21. The third-order valence-electron chi connectivity index (χ3n) is 3.86. The molecule has 0 radical (unpaired) electrons. The van der Waals surface area contributed by atoms with Gasteiger partial charge in [0.05, 0.1) is 23.9 Å². The van der Waals surface area contributed by atoms with Crippen LogP contribution in [0, 0.1) is 6.92 Å². The molecule has 1 fully saturated rings. The fourth-order valence-corrected chi connectivity index (χ4v) is 3.22. The van der Waals surface area contributed by atoms with Gasteiger partial charge in [0.2, 0.25) is 5.91 Å². The molecule has 0 atom stereocenters. The molecular formula is C17H21N3O2S. The van der Waals surface area contributed by atoms with E-state index < -0.39 is 0 Å². The van der Waals surface area contributed by atoms with E-state index in [2.05, 4.69) is 10.3 Å². The van der Waals surface area contributed by atoms with Crippen LogP contribution in [0.2, 0.25) is 0 Å². The van der Waals surface area contributed by atoms with E-state index in [1.54, 1.807) is 11.3 Å². The molecule has 122 valence electrons. The van der Waals surface area contributed by atoms with E-state index in [4.69, 9.17) is 5.11 Å². The number of hydrogen-bond donors (Lipinski definition) is 2. The average Bonchev–Trinajstić information content (AvgIpc) is 3.28. The number of amides is 1. The van der Waals surface area contributed by atoms with E-state index >= 15 is 0 Å². The van der Waals surface area contributed by atoms with Crippen LogP contribution in [0.1, 0.15) is 17.8 Å². The summed E-state index contributed by atoms with van der Waals surface area (Å²) in [4.78, 5) is 18.8. The summed E-state index contributed by atoms with van der Waals surface area (Å²) in [6, 6.07) is 8.20. The second-order valence-electron chi connectivity index (χ2n) is 5.81. The molecule has 3 rings (SSSR count). The summed E-state index contributed by atoms with van der Waals surface area (Å²) < 4.78 is 0. The summed E-state index contributed by atoms with van der Waals surface area (Å²) >= 11 is 1.61. The first-order valence-corrected chi connectivity index (χ1v) is 8.71. The smallest absolute Gasteiger partial charge is 0.238 e. The molecule has 0 unspecified atom stereocenters.